The molecule has 194 valence electrons. The molecule has 0 radical (unpaired) electrons. The van der Waals surface area contributed by atoms with Crippen LogP contribution in [0.5, 0.6) is 0 Å². The number of ether oxygens (including phenoxy) is 2. The zero-order valence-electron chi connectivity index (χ0n) is 19.1. The van der Waals surface area contributed by atoms with E-state index in [9.17, 15) is 24.3 Å². The van der Waals surface area contributed by atoms with E-state index in [-0.39, 0.29) is 41.5 Å². The van der Waals surface area contributed by atoms with E-state index in [1.807, 2.05) is 0 Å². The van der Waals surface area contributed by atoms with Gasteiger partial charge in [-0.25, -0.2) is 4.39 Å². The summed E-state index contributed by atoms with van der Waals surface area (Å²) in [7, 11) is -2.30. The summed E-state index contributed by atoms with van der Waals surface area (Å²) in [6.07, 6.45) is -1.40. The molecule has 0 bridgehead atoms. The molecule has 3 heterocycles. The van der Waals surface area contributed by atoms with Crippen LogP contribution in [0.1, 0.15) is 31.2 Å². The van der Waals surface area contributed by atoms with Crippen LogP contribution in [0.4, 0.5) is 10.3 Å². The van der Waals surface area contributed by atoms with Crippen LogP contribution >= 0.6 is 23.9 Å². The topological polar surface area (TPSA) is 168 Å². The maximum atomic E-state index is 13.3. The molecule has 0 spiro atoms. The fraction of sp³-hybridized carbons (Fsp3) is 0.409. The number of aliphatic hydroxyl groups is 2. The van der Waals surface area contributed by atoms with Gasteiger partial charge in [0.25, 0.3) is 5.56 Å². The van der Waals surface area contributed by atoms with Crippen molar-refractivity contribution in [1.29, 1.82) is 0 Å². The molecule has 1 aromatic carbocycles. The minimum atomic E-state index is -2.30. The summed E-state index contributed by atoms with van der Waals surface area (Å²) in [6.45, 7) is 1.67. The van der Waals surface area contributed by atoms with Gasteiger partial charge in [-0.3, -0.25) is 9.78 Å². The third kappa shape index (κ3) is 5.84. The average Bonchev–Trinajstić information content (AvgIpc) is 3.37. The van der Waals surface area contributed by atoms with Gasteiger partial charge in [-0.1, -0.05) is 13.0 Å². The molecular weight excluding hydrogens is 562 g/mol. The van der Waals surface area contributed by atoms with E-state index in [4.69, 9.17) is 19.7 Å². The van der Waals surface area contributed by atoms with Crippen LogP contribution in [0, 0.1) is 11.7 Å². The Morgan fingerprint density at radius 2 is 2.25 bits per heavy atom. The quantitative estimate of drug-likeness (QED) is 0.273. The van der Waals surface area contributed by atoms with Gasteiger partial charge in [-0.15, -0.1) is 0 Å². The number of H-pyrrole nitrogens is 1. The Balaban J connectivity index is 1.29. The summed E-state index contributed by atoms with van der Waals surface area (Å²) < 4.78 is 31.7. The van der Waals surface area contributed by atoms with Crippen LogP contribution in [0.2, 0.25) is 0 Å². The number of aliphatic hydroxyl groups excluding tert-OH is 2. The van der Waals surface area contributed by atoms with Crippen molar-refractivity contribution in [3.63, 3.8) is 0 Å². The first-order chi connectivity index (χ1) is 17.2. The van der Waals surface area contributed by atoms with E-state index < -0.39 is 38.4 Å². The fourth-order valence-corrected chi connectivity index (χ4v) is 4.93. The van der Waals surface area contributed by atoms with Gasteiger partial charge in [0.05, 0.1) is 28.7 Å². The van der Waals surface area contributed by atoms with Crippen LogP contribution < -0.4 is 16.2 Å². The van der Waals surface area contributed by atoms with Gasteiger partial charge >= 0.3 is 0 Å². The van der Waals surface area contributed by atoms with Crippen molar-refractivity contribution in [2.45, 2.75) is 37.9 Å². The van der Waals surface area contributed by atoms with E-state index in [2.05, 4.69) is 25.9 Å². The first-order valence-electron chi connectivity index (χ1n) is 11.0. The highest BCUT2D eigenvalue weighted by Crippen LogP contribution is 2.36. The summed E-state index contributed by atoms with van der Waals surface area (Å²) in [5.74, 6) is 0.175. The second-order valence-electron chi connectivity index (χ2n) is 8.36. The minimum absolute atomic E-state index is 0.0249. The molecule has 1 unspecified atom stereocenters. The molecule has 0 amide bonds. The lowest BCUT2D eigenvalue weighted by atomic mass is 10.0. The van der Waals surface area contributed by atoms with Gasteiger partial charge in [0.1, 0.15) is 24.8 Å². The van der Waals surface area contributed by atoms with Crippen LogP contribution in [-0.4, -0.2) is 56.2 Å². The second kappa shape index (κ2) is 11.4. The summed E-state index contributed by atoms with van der Waals surface area (Å²) in [5.41, 5.74) is 6.12. The number of hydrogen-bond acceptors (Lipinski definition) is 9. The number of benzene rings is 1. The maximum Gasteiger partial charge on any atom is 0.261 e. The van der Waals surface area contributed by atoms with Gasteiger partial charge in [0.2, 0.25) is 19.9 Å². The number of hydrogen-bond donors (Lipinski definition) is 4. The Labute approximate surface area is 214 Å². The normalized spacial score (nSPS) is 23.4. The van der Waals surface area contributed by atoms with Gasteiger partial charge < -0.3 is 34.9 Å². The molecule has 0 aliphatic carbocycles. The van der Waals surface area contributed by atoms with Crippen molar-refractivity contribution in [2.75, 3.05) is 18.9 Å². The number of nitrogen functional groups attached to an aromatic ring is 1. The number of rotatable bonds is 9. The highest BCUT2D eigenvalue weighted by Gasteiger charge is 2.42. The number of nitrogens with two attached hydrogens (primary N) is 1. The number of aromatic amines is 1. The molecule has 5 N–H and O–H groups in total. The van der Waals surface area contributed by atoms with Crippen LogP contribution in [0.15, 0.2) is 39.7 Å². The Kier molecular flexibility index (Phi) is 8.53. The molecular formula is C22H25BrFN4O7P. The lowest BCUT2D eigenvalue weighted by Crippen LogP contribution is -2.29. The van der Waals surface area contributed by atoms with Gasteiger partial charge in [0.15, 0.2) is 5.65 Å². The van der Waals surface area contributed by atoms with Crippen LogP contribution in [-0.2, 0) is 14.0 Å². The summed E-state index contributed by atoms with van der Waals surface area (Å²) in [6, 6.07) is 5.76. The first-order valence-corrected chi connectivity index (χ1v) is 13.1. The second-order valence-corrected chi connectivity index (χ2v) is 10.3. The van der Waals surface area contributed by atoms with Crippen LogP contribution in [0.25, 0.3) is 11.0 Å². The minimum Gasteiger partial charge on any atom is -0.601 e. The van der Waals surface area contributed by atoms with E-state index >= 15 is 0 Å². The predicted molar refractivity (Wildman–Crippen MR) is 132 cm³/mol. The summed E-state index contributed by atoms with van der Waals surface area (Å²) >= 11 is 3.06. The van der Waals surface area contributed by atoms with Crippen molar-refractivity contribution in [3.05, 3.63) is 56.7 Å². The van der Waals surface area contributed by atoms with Gasteiger partial charge in [-0.2, -0.15) is 9.51 Å². The zero-order chi connectivity index (χ0) is 26.0. The van der Waals surface area contributed by atoms with Gasteiger partial charge in [0, 0.05) is 18.5 Å². The van der Waals surface area contributed by atoms with Crippen molar-refractivity contribution in [1.82, 2.24) is 14.5 Å². The molecule has 1 saturated heterocycles. The van der Waals surface area contributed by atoms with Crippen molar-refractivity contribution < 1.29 is 33.5 Å². The molecule has 14 heteroatoms. The van der Waals surface area contributed by atoms with E-state index in [1.165, 1.54) is 18.2 Å². The Bertz CT molecular complexity index is 1320. The van der Waals surface area contributed by atoms with E-state index in [0.29, 0.717) is 16.6 Å². The monoisotopic (exact) mass is 586 g/mol. The Morgan fingerprint density at radius 1 is 1.47 bits per heavy atom. The highest BCUT2D eigenvalue weighted by atomic mass is 79.9. The van der Waals surface area contributed by atoms with Crippen LogP contribution in [0.3, 0.4) is 0 Å². The highest BCUT2D eigenvalue weighted by molar-refractivity contribution is 9.10. The summed E-state index contributed by atoms with van der Waals surface area (Å²) in [5, 5.41) is 21.1. The third-order valence-corrected chi connectivity index (χ3v) is 7.28. The van der Waals surface area contributed by atoms with E-state index in [1.54, 1.807) is 23.8 Å². The molecule has 2 aromatic heterocycles. The molecule has 6 atom stereocenters. The van der Waals surface area contributed by atoms with Gasteiger partial charge in [-0.05, 0) is 39.7 Å². The molecule has 36 heavy (non-hydrogen) atoms. The largest absolute Gasteiger partial charge is 0.601 e. The predicted octanol–water partition coefficient (Wildman–Crippen LogP) is 1.69. The smallest absolute Gasteiger partial charge is 0.261 e. The number of aromatic nitrogens is 3. The standard InChI is InChI=1S/C22H25BrFN4O7P/c1-11-18(30)17(35-21(11)28-6-4-13-19(28)26-22(25)27-20(13)31)9-33-10-36(32)34-7-5-16(29)12-2-3-15(24)14(23)8-12/h2-4,6,8,10-11,16-18,21,29-30H,5,7,9H2,1H3,(H3,25,26,27,31)/t11-,16-,17+,18-,21+/m0/s1. The number of anilines is 1. The zero-order valence-corrected chi connectivity index (χ0v) is 21.6. The molecule has 11 nitrogen and oxygen atoms in total. The maximum absolute atomic E-state index is 13.3. The fourth-order valence-electron chi connectivity index (χ4n) is 3.98. The molecule has 0 saturated carbocycles. The molecule has 1 fully saturated rings. The number of nitrogens with zero attached hydrogens (tertiary/aromatic N) is 2. The average molecular weight is 587 g/mol. The SMILES string of the molecule is C[C@H]1[C@H](O)[C@@H](COC=[P+]([O-])OCC[C@H](O)c2ccc(F)c(Br)c2)O[C@H]1n1ccc2c(=O)[nH]c(N)nc21. The van der Waals surface area contributed by atoms with Crippen molar-refractivity contribution in [2.24, 2.45) is 5.92 Å². The van der Waals surface area contributed by atoms with Crippen molar-refractivity contribution >= 4 is 46.9 Å². The lowest BCUT2D eigenvalue weighted by molar-refractivity contribution is -0.173. The van der Waals surface area contributed by atoms with E-state index in [0.717, 1.165) is 5.98 Å². The molecule has 3 aromatic rings. The number of nitrogens with one attached hydrogen (secondary N) is 1. The number of halogens is 2. The summed E-state index contributed by atoms with van der Waals surface area (Å²) in [4.78, 5) is 30.8. The number of fused-ring (bicyclic) bond motifs is 1. The van der Waals surface area contributed by atoms with Crippen molar-refractivity contribution in [3.8, 4) is 0 Å². The molecule has 1 aliphatic rings. The molecule has 4 rings (SSSR count). The lowest BCUT2D eigenvalue weighted by Gasteiger charge is -2.18. The first kappa shape index (κ1) is 26.8. The molecule has 1 aliphatic heterocycles. The third-order valence-electron chi connectivity index (χ3n) is 5.92. The Morgan fingerprint density at radius 3 is 3.00 bits per heavy atom. The Hall–Kier alpha value is -2.22.